The van der Waals surface area contributed by atoms with Crippen molar-refractivity contribution in [2.45, 2.75) is 89.8 Å². The summed E-state index contributed by atoms with van der Waals surface area (Å²) in [4.78, 5) is 12.0. The summed E-state index contributed by atoms with van der Waals surface area (Å²) in [5.41, 5.74) is 0. The van der Waals surface area contributed by atoms with Gasteiger partial charge < -0.3 is 0 Å². The predicted octanol–water partition coefficient (Wildman–Crippen LogP) is 4.50. The molecule has 27 heavy (non-hydrogen) atoms. The Labute approximate surface area is 170 Å². The third kappa shape index (κ3) is 8.64. The molecule has 4 heteroatoms. The molecule has 0 saturated carbocycles. The number of carbonyl (C=O) groups is 1. The van der Waals surface area contributed by atoms with Crippen molar-refractivity contribution >= 4 is 25.4 Å². The summed E-state index contributed by atoms with van der Waals surface area (Å²) in [7, 11) is 0. The van der Waals surface area contributed by atoms with E-state index in [0.29, 0.717) is 6.42 Å². The molecule has 0 fully saturated rings. The molecule has 1 N–H and O–H groups in total. The van der Waals surface area contributed by atoms with Crippen LogP contribution in [0.2, 0.25) is 0 Å². The Morgan fingerprint density at radius 3 is 2.19 bits per heavy atom. The van der Waals surface area contributed by atoms with E-state index in [-0.39, 0.29) is 20.9 Å². The summed E-state index contributed by atoms with van der Waals surface area (Å²) >= 11 is -0.0516. The van der Waals surface area contributed by atoms with E-state index in [2.05, 4.69) is 6.92 Å². The molecule has 0 amide bonds. The van der Waals surface area contributed by atoms with Gasteiger partial charge in [0.15, 0.2) is 0 Å². The van der Waals surface area contributed by atoms with Crippen molar-refractivity contribution in [3.05, 3.63) is 40.9 Å². The summed E-state index contributed by atoms with van der Waals surface area (Å²) in [5.74, 6) is -0.258. The zero-order chi connectivity index (χ0) is 19.3. The normalized spacial score (nSPS) is 17.6. The van der Waals surface area contributed by atoms with E-state index in [1.54, 1.807) is 0 Å². The molecule has 0 radical (unpaired) electrons. The van der Waals surface area contributed by atoms with Crippen LogP contribution in [0.25, 0.3) is 0 Å². The Morgan fingerprint density at radius 2 is 1.56 bits per heavy atom. The summed E-state index contributed by atoms with van der Waals surface area (Å²) in [5, 5.41) is 10.4. The summed E-state index contributed by atoms with van der Waals surface area (Å²) in [6.07, 6.45) is 14.3. The number of cyclic esters (lactones) is 1. The van der Waals surface area contributed by atoms with Gasteiger partial charge in [0.1, 0.15) is 0 Å². The van der Waals surface area contributed by atoms with Gasteiger partial charge in [0.05, 0.1) is 0 Å². The van der Waals surface area contributed by atoms with Gasteiger partial charge in [0.2, 0.25) is 0 Å². The monoisotopic (exact) mass is 438 g/mol. The number of esters is 1. The van der Waals surface area contributed by atoms with Gasteiger partial charge in [-0.05, 0) is 0 Å². The van der Waals surface area contributed by atoms with Crippen molar-refractivity contribution in [3.63, 3.8) is 0 Å². The number of hydrogen-bond donors (Lipinski definition) is 1. The molecule has 0 aliphatic carbocycles. The maximum absolute atomic E-state index is 12.0. The molecule has 0 aromatic heterocycles. The summed E-state index contributed by atoms with van der Waals surface area (Å²) in [6, 6.07) is 9.99. The van der Waals surface area contributed by atoms with Crippen LogP contribution in [0.4, 0.5) is 0 Å². The molecule has 3 nitrogen and oxygen atoms in total. The molecular weight excluding hydrogens is 403 g/mol. The molecule has 2 rings (SSSR count). The van der Waals surface area contributed by atoms with Crippen LogP contribution in [0.1, 0.15) is 77.6 Å². The van der Waals surface area contributed by atoms with Crippen LogP contribution in [0.3, 0.4) is 0 Å². The maximum atomic E-state index is 12.0. The van der Waals surface area contributed by atoms with Crippen molar-refractivity contribution in [1.82, 2.24) is 0 Å². The van der Waals surface area contributed by atoms with E-state index in [1.807, 2.05) is 36.4 Å². The van der Waals surface area contributed by atoms with Gasteiger partial charge in [0.25, 0.3) is 0 Å². The van der Waals surface area contributed by atoms with E-state index >= 15 is 0 Å². The zero-order valence-corrected chi connectivity index (χ0v) is 18.3. The number of aliphatic hydroxyl groups excluding tert-OH is 1. The van der Waals surface area contributed by atoms with Gasteiger partial charge in [0, 0.05) is 0 Å². The summed E-state index contributed by atoms with van der Waals surface area (Å²) in [6.45, 7) is 2.25. The van der Waals surface area contributed by atoms with E-state index in [1.165, 1.54) is 51.4 Å². The summed E-state index contributed by atoms with van der Waals surface area (Å²) < 4.78 is 7.26. The van der Waals surface area contributed by atoms with Crippen molar-refractivity contribution in [2.75, 3.05) is 0 Å². The third-order valence-corrected chi connectivity index (χ3v) is 7.13. The van der Waals surface area contributed by atoms with Crippen LogP contribution >= 0.6 is 0 Å². The Kier molecular flexibility index (Phi) is 10.8. The number of hydrogen-bond acceptors (Lipinski definition) is 3. The number of carbonyl (C=O) groups excluding carboxylic acids is 1. The van der Waals surface area contributed by atoms with E-state index < -0.39 is 12.2 Å². The van der Waals surface area contributed by atoms with Gasteiger partial charge in [-0.1, -0.05) is 26.2 Å². The molecule has 1 aliphatic rings. The number of unbranched alkanes of at least 4 members (excludes halogenated alkanes) is 9. The van der Waals surface area contributed by atoms with Gasteiger partial charge in [-0.25, -0.2) is 0 Å². The molecule has 0 bridgehead atoms. The quantitative estimate of drug-likeness (QED) is 0.265. The zero-order valence-electron chi connectivity index (χ0n) is 16.6. The van der Waals surface area contributed by atoms with E-state index in [4.69, 9.17) is 4.74 Å². The molecule has 0 spiro atoms. The molecule has 0 unspecified atom stereocenters. The fourth-order valence-corrected chi connectivity index (χ4v) is 5.17. The van der Waals surface area contributed by atoms with Crippen molar-refractivity contribution in [2.24, 2.45) is 0 Å². The van der Waals surface area contributed by atoms with E-state index in [0.717, 1.165) is 21.8 Å². The van der Waals surface area contributed by atoms with Crippen LogP contribution < -0.4 is 4.46 Å². The molecule has 1 aromatic carbocycles. The van der Waals surface area contributed by atoms with Gasteiger partial charge in [-0.15, -0.1) is 0 Å². The minimum absolute atomic E-state index is 0.0516. The van der Waals surface area contributed by atoms with Crippen LogP contribution in [0, 0.1) is 0 Å². The van der Waals surface area contributed by atoms with Crippen molar-refractivity contribution in [1.29, 1.82) is 0 Å². The average molecular weight is 437 g/mol. The minimum atomic E-state index is -0.577. The SMILES string of the molecule is CCCCCCCCCCCC[C@@H](O)[C@H]1C=C([Se]c2ccccc2)C(=O)O1. The van der Waals surface area contributed by atoms with Gasteiger partial charge in [-0.3, -0.25) is 0 Å². The number of benzene rings is 1. The van der Waals surface area contributed by atoms with Gasteiger partial charge >= 0.3 is 144 Å². The van der Waals surface area contributed by atoms with Crippen LogP contribution in [-0.4, -0.2) is 38.2 Å². The first-order chi connectivity index (χ1) is 13.2. The Balaban J connectivity index is 1.58. The number of ether oxygens (including phenoxy) is 1. The van der Waals surface area contributed by atoms with Crippen LogP contribution in [0.15, 0.2) is 40.9 Å². The second-order valence-corrected chi connectivity index (χ2v) is 9.69. The second kappa shape index (κ2) is 13.1. The first-order valence-electron chi connectivity index (χ1n) is 10.5. The number of rotatable bonds is 14. The topological polar surface area (TPSA) is 46.5 Å². The van der Waals surface area contributed by atoms with Crippen molar-refractivity contribution < 1.29 is 14.6 Å². The van der Waals surface area contributed by atoms with Crippen molar-refractivity contribution in [3.8, 4) is 0 Å². The molecule has 1 aliphatic heterocycles. The van der Waals surface area contributed by atoms with E-state index in [9.17, 15) is 9.90 Å². The Morgan fingerprint density at radius 1 is 0.963 bits per heavy atom. The fourth-order valence-electron chi connectivity index (χ4n) is 3.32. The third-order valence-electron chi connectivity index (χ3n) is 4.96. The first-order valence-corrected chi connectivity index (χ1v) is 12.3. The second-order valence-electron chi connectivity index (χ2n) is 7.35. The molecule has 1 aromatic rings. The molecular formula is C23H34O3Se. The first kappa shape index (κ1) is 22.2. The van der Waals surface area contributed by atoms with Crippen LogP contribution in [-0.2, 0) is 9.53 Å². The molecule has 0 saturated heterocycles. The average Bonchev–Trinajstić information content (AvgIpc) is 3.04. The van der Waals surface area contributed by atoms with Gasteiger partial charge in [-0.2, -0.15) is 0 Å². The number of aliphatic hydroxyl groups is 1. The fraction of sp³-hybridized carbons (Fsp3) is 0.609. The Bertz CT molecular complexity index is 570. The standard InChI is InChI=1S/C23H34O3Se/c1-2-3-4-5-6-7-8-9-10-14-17-20(24)21-18-22(23(25)26-21)27-19-15-12-11-13-16-19/h11-13,15-16,18,20-21,24H,2-10,14,17H2,1H3/t20-,21-/m1/s1. The van der Waals surface area contributed by atoms with Crippen LogP contribution in [0.5, 0.6) is 0 Å². The Hall–Kier alpha value is -1.09. The molecule has 150 valence electrons. The predicted molar refractivity (Wildman–Crippen MR) is 112 cm³/mol. The molecule has 1 heterocycles. The molecule has 2 atom stereocenters.